The lowest BCUT2D eigenvalue weighted by Crippen LogP contribution is -2.30. The lowest BCUT2D eigenvalue weighted by atomic mass is 9.96. The van der Waals surface area contributed by atoms with E-state index in [1.165, 1.54) is 31.0 Å². The topological polar surface area (TPSA) is 72.7 Å². The number of hydrogen-bond acceptors (Lipinski definition) is 6. The normalized spacial score (nSPS) is 16.0. The van der Waals surface area contributed by atoms with E-state index in [0.717, 1.165) is 28.4 Å². The number of thiophene rings is 1. The third-order valence-electron chi connectivity index (χ3n) is 4.98. The molecule has 28 heavy (non-hydrogen) atoms. The quantitative estimate of drug-likeness (QED) is 0.587. The van der Waals surface area contributed by atoms with Crippen LogP contribution in [0.25, 0.3) is 0 Å². The Morgan fingerprint density at radius 3 is 2.75 bits per heavy atom. The fourth-order valence-corrected chi connectivity index (χ4v) is 5.15. The summed E-state index contributed by atoms with van der Waals surface area (Å²) in [6, 6.07) is 14.3. The lowest BCUT2D eigenvalue weighted by molar-refractivity contribution is -0.119. The Labute approximate surface area is 172 Å². The molecule has 2 aromatic heterocycles. The molecule has 6 nitrogen and oxygen atoms in total. The van der Waals surface area contributed by atoms with Crippen LogP contribution >= 0.6 is 23.1 Å². The van der Waals surface area contributed by atoms with Crippen molar-refractivity contribution in [2.24, 2.45) is 0 Å². The van der Waals surface area contributed by atoms with Crippen LogP contribution in [0.3, 0.4) is 0 Å². The van der Waals surface area contributed by atoms with Crippen molar-refractivity contribution in [1.82, 2.24) is 25.5 Å². The van der Waals surface area contributed by atoms with E-state index in [0.29, 0.717) is 11.8 Å². The van der Waals surface area contributed by atoms with Crippen LogP contribution in [0.1, 0.15) is 54.6 Å². The first kappa shape index (κ1) is 19.1. The number of hydrogen-bond donors (Lipinski definition) is 1. The van der Waals surface area contributed by atoms with Crippen molar-refractivity contribution in [2.75, 3.05) is 5.75 Å². The second-order valence-electron chi connectivity index (χ2n) is 6.91. The molecule has 0 bridgehead atoms. The molecule has 2 heterocycles. The predicted octanol–water partition coefficient (Wildman–Crippen LogP) is 4.24. The van der Waals surface area contributed by atoms with Crippen LogP contribution < -0.4 is 5.32 Å². The van der Waals surface area contributed by atoms with Gasteiger partial charge in [-0.15, -0.1) is 16.4 Å². The zero-order valence-electron chi connectivity index (χ0n) is 15.5. The molecule has 1 unspecified atom stereocenters. The van der Waals surface area contributed by atoms with E-state index < -0.39 is 0 Å². The zero-order valence-corrected chi connectivity index (χ0v) is 17.2. The minimum atomic E-state index is -0.136. The maximum absolute atomic E-state index is 12.7. The number of tetrazole rings is 1. The van der Waals surface area contributed by atoms with Crippen LogP contribution in [0, 0.1) is 0 Å². The highest BCUT2D eigenvalue weighted by Gasteiger charge is 2.22. The van der Waals surface area contributed by atoms with Gasteiger partial charge in [-0.05, 0) is 40.3 Å². The summed E-state index contributed by atoms with van der Waals surface area (Å²) in [4.78, 5) is 13.8. The van der Waals surface area contributed by atoms with Crippen LogP contribution in [0.15, 0.2) is 53.0 Å². The Bertz CT molecular complexity index is 875. The van der Waals surface area contributed by atoms with Gasteiger partial charge in [0, 0.05) is 4.88 Å². The van der Waals surface area contributed by atoms with Gasteiger partial charge < -0.3 is 5.32 Å². The highest BCUT2D eigenvalue weighted by atomic mass is 32.2. The van der Waals surface area contributed by atoms with Crippen LogP contribution in [-0.4, -0.2) is 31.9 Å². The summed E-state index contributed by atoms with van der Waals surface area (Å²) in [5.41, 5.74) is 1.08. The number of carbonyl (C=O) groups is 1. The molecule has 1 atom stereocenters. The fraction of sp³-hybridized carbons (Fsp3) is 0.400. The summed E-state index contributed by atoms with van der Waals surface area (Å²) in [7, 11) is 0. The number of thioether (sulfide) groups is 1. The van der Waals surface area contributed by atoms with Gasteiger partial charge in [-0.1, -0.05) is 67.4 Å². The first-order valence-electron chi connectivity index (χ1n) is 9.59. The molecule has 1 fully saturated rings. The Hall–Kier alpha value is -2.19. The van der Waals surface area contributed by atoms with Crippen LogP contribution in [-0.2, 0) is 4.79 Å². The van der Waals surface area contributed by atoms with Gasteiger partial charge in [-0.3, -0.25) is 4.79 Å². The molecular formula is C20H23N5OS2. The second kappa shape index (κ2) is 9.34. The number of rotatable bonds is 7. The van der Waals surface area contributed by atoms with Gasteiger partial charge in [0.1, 0.15) is 0 Å². The fourth-order valence-electron chi connectivity index (χ4n) is 3.59. The smallest absolute Gasteiger partial charge is 0.231 e. The Morgan fingerprint density at radius 1 is 1.18 bits per heavy atom. The van der Waals surface area contributed by atoms with Crippen molar-refractivity contribution in [1.29, 1.82) is 0 Å². The predicted molar refractivity (Wildman–Crippen MR) is 111 cm³/mol. The van der Waals surface area contributed by atoms with E-state index in [1.54, 1.807) is 11.3 Å². The summed E-state index contributed by atoms with van der Waals surface area (Å²) in [6.45, 7) is 0. The van der Waals surface area contributed by atoms with E-state index >= 15 is 0 Å². The van der Waals surface area contributed by atoms with Crippen molar-refractivity contribution in [2.45, 2.75) is 49.3 Å². The van der Waals surface area contributed by atoms with Crippen LogP contribution in [0.2, 0.25) is 0 Å². The molecule has 1 N–H and O–H groups in total. The zero-order chi connectivity index (χ0) is 19.2. The molecule has 1 amide bonds. The molecule has 1 aliphatic rings. The minimum absolute atomic E-state index is 0.0227. The molecule has 0 saturated heterocycles. The number of carbonyl (C=O) groups excluding carboxylic acids is 1. The number of benzene rings is 1. The maximum Gasteiger partial charge on any atom is 0.231 e. The standard InChI is InChI=1S/C20H23N5OS2/c26-18(14-28-20-22-23-24-25(20)16-10-5-2-6-11-16)21-19(17-12-7-13-27-17)15-8-3-1-4-9-15/h1,3-4,7-9,12-13,16,19H,2,5-6,10-11,14H2,(H,21,26). The van der Waals surface area contributed by atoms with Crippen LogP contribution in [0.5, 0.6) is 0 Å². The van der Waals surface area contributed by atoms with E-state index in [-0.39, 0.29) is 11.9 Å². The average molecular weight is 414 g/mol. The SMILES string of the molecule is O=C(CSc1nnnn1C1CCCCC1)NC(c1ccccc1)c1cccs1. The van der Waals surface area contributed by atoms with Gasteiger partial charge in [-0.2, -0.15) is 0 Å². The lowest BCUT2D eigenvalue weighted by Gasteiger charge is -2.22. The third-order valence-corrected chi connectivity index (χ3v) is 6.85. The van der Waals surface area contributed by atoms with E-state index in [4.69, 9.17) is 0 Å². The minimum Gasteiger partial charge on any atom is -0.344 e. The number of aromatic nitrogens is 4. The van der Waals surface area contributed by atoms with Crippen molar-refractivity contribution in [3.05, 3.63) is 58.3 Å². The van der Waals surface area contributed by atoms with Crippen molar-refractivity contribution in [3.63, 3.8) is 0 Å². The van der Waals surface area contributed by atoms with Gasteiger partial charge in [-0.25, -0.2) is 4.68 Å². The molecule has 3 aromatic rings. The molecule has 1 aliphatic carbocycles. The highest BCUT2D eigenvalue weighted by Crippen LogP contribution is 2.30. The molecule has 146 valence electrons. The van der Waals surface area contributed by atoms with Crippen molar-refractivity contribution in [3.8, 4) is 0 Å². The van der Waals surface area contributed by atoms with Crippen molar-refractivity contribution >= 4 is 29.0 Å². The summed E-state index contributed by atoms with van der Waals surface area (Å²) in [6.07, 6.45) is 5.94. The molecule has 1 aromatic carbocycles. The second-order valence-corrected chi connectivity index (χ2v) is 8.83. The summed E-state index contributed by atoms with van der Waals surface area (Å²) in [5.74, 6) is 0.271. The largest absolute Gasteiger partial charge is 0.344 e. The van der Waals surface area contributed by atoms with E-state index in [1.807, 2.05) is 46.5 Å². The van der Waals surface area contributed by atoms with Crippen LogP contribution in [0.4, 0.5) is 0 Å². The summed E-state index contributed by atoms with van der Waals surface area (Å²) in [5, 5.41) is 18.1. The average Bonchev–Trinajstić information content (AvgIpc) is 3.44. The van der Waals surface area contributed by atoms with E-state index in [2.05, 4.69) is 26.9 Å². The van der Waals surface area contributed by atoms with Gasteiger partial charge >= 0.3 is 0 Å². The number of nitrogens with one attached hydrogen (secondary N) is 1. The Kier molecular flexibility index (Phi) is 6.38. The first-order valence-corrected chi connectivity index (χ1v) is 11.5. The molecule has 0 radical (unpaired) electrons. The summed E-state index contributed by atoms with van der Waals surface area (Å²) < 4.78 is 1.91. The number of nitrogens with zero attached hydrogens (tertiary/aromatic N) is 4. The molecule has 0 spiro atoms. The van der Waals surface area contributed by atoms with Gasteiger partial charge in [0.15, 0.2) is 0 Å². The molecule has 0 aliphatic heterocycles. The van der Waals surface area contributed by atoms with Gasteiger partial charge in [0.25, 0.3) is 0 Å². The van der Waals surface area contributed by atoms with E-state index in [9.17, 15) is 4.79 Å². The third kappa shape index (κ3) is 4.62. The molecule has 8 heteroatoms. The van der Waals surface area contributed by atoms with Gasteiger partial charge in [0.2, 0.25) is 11.1 Å². The molecular weight excluding hydrogens is 390 g/mol. The number of amides is 1. The van der Waals surface area contributed by atoms with Crippen molar-refractivity contribution < 1.29 is 4.79 Å². The first-order chi connectivity index (χ1) is 13.8. The highest BCUT2D eigenvalue weighted by molar-refractivity contribution is 7.99. The molecule has 4 rings (SSSR count). The Balaban J connectivity index is 1.40. The maximum atomic E-state index is 12.7. The molecule has 1 saturated carbocycles. The Morgan fingerprint density at radius 2 is 2.00 bits per heavy atom. The van der Waals surface area contributed by atoms with Gasteiger partial charge in [0.05, 0.1) is 17.8 Å². The summed E-state index contributed by atoms with van der Waals surface area (Å²) >= 11 is 3.06. The monoisotopic (exact) mass is 413 g/mol.